The first kappa shape index (κ1) is 31.3. The van der Waals surface area contributed by atoms with Gasteiger partial charge < -0.3 is 0 Å². The molecule has 0 aliphatic carbocycles. The number of carbonyl (C=O) groups excluding carboxylic acids is 3. The Kier molecular flexibility index (Phi) is 8.59. The number of halogens is 5. The molecule has 8 nitrogen and oxygen atoms in total. The van der Waals surface area contributed by atoms with Gasteiger partial charge in [0.25, 0.3) is 5.91 Å². The number of hydrogen-bond donors (Lipinski definition) is 1. The summed E-state index contributed by atoms with van der Waals surface area (Å²) in [5.41, 5.74) is -1.22. The zero-order valence-electron chi connectivity index (χ0n) is 22.4. The van der Waals surface area contributed by atoms with Crippen molar-refractivity contribution in [1.29, 1.82) is 0 Å². The van der Waals surface area contributed by atoms with Gasteiger partial charge in [-0.2, -0.15) is 0 Å². The van der Waals surface area contributed by atoms with E-state index in [0.717, 1.165) is 23.8 Å². The molecule has 1 N–H and O–H groups in total. The number of pyridine rings is 1. The van der Waals surface area contributed by atoms with Gasteiger partial charge in [-0.25, -0.2) is 22.2 Å². The SMILES string of the molecule is CC(=O)CS(=O)(=O)Nc1ccc(F)c(C(=O)c2cn(C(=O)c3c(Cl)cccc3Cl)c3ncc(-c4ccc(Cl)cc4)cc23)c1F. The molecule has 0 fully saturated rings. The van der Waals surface area contributed by atoms with E-state index in [9.17, 15) is 22.8 Å². The number of hydrogen-bond acceptors (Lipinski definition) is 6. The molecule has 2 aromatic heterocycles. The molecule has 14 heteroatoms. The van der Waals surface area contributed by atoms with Gasteiger partial charge in [0.1, 0.15) is 23.0 Å². The Morgan fingerprint density at radius 1 is 0.909 bits per heavy atom. The number of sulfonamides is 1. The fourth-order valence-corrected chi connectivity index (χ4v) is 6.30. The molecule has 5 aromatic rings. The minimum Gasteiger partial charge on any atom is -0.299 e. The van der Waals surface area contributed by atoms with Gasteiger partial charge in [-0.15, -0.1) is 0 Å². The molecule has 0 spiro atoms. The summed E-state index contributed by atoms with van der Waals surface area (Å²) in [5.74, 6) is -6.51. The Morgan fingerprint density at radius 3 is 2.20 bits per heavy atom. The van der Waals surface area contributed by atoms with Crippen molar-refractivity contribution in [3.05, 3.63) is 116 Å². The fourth-order valence-electron chi connectivity index (χ4n) is 4.51. The van der Waals surface area contributed by atoms with Gasteiger partial charge in [-0.1, -0.05) is 53.0 Å². The summed E-state index contributed by atoms with van der Waals surface area (Å²) in [6.07, 6.45) is 2.49. The molecule has 224 valence electrons. The molecule has 0 amide bonds. The highest BCUT2D eigenvalue weighted by Crippen LogP contribution is 2.33. The van der Waals surface area contributed by atoms with Crippen molar-refractivity contribution in [2.24, 2.45) is 0 Å². The van der Waals surface area contributed by atoms with E-state index < -0.39 is 56.1 Å². The largest absolute Gasteiger partial charge is 0.299 e. The molecule has 0 aliphatic heterocycles. The van der Waals surface area contributed by atoms with Gasteiger partial charge in [-0.05, 0) is 55.0 Å². The molecule has 2 heterocycles. The molecule has 0 saturated carbocycles. The molecule has 0 saturated heterocycles. The maximum absolute atomic E-state index is 15.6. The van der Waals surface area contributed by atoms with Crippen molar-refractivity contribution in [1.82, 2.24) is 9.55 Å². The summed E-state index contributed by atoms with van der Waals surface area (Å²) in [7, 11) is -4.36. The first-order valence-electron chi connectivity index (χ1n) is 12.6. The highest BCUT2D eigenvalue weighted by Gasteiger charge is 2.29. The van der Waals surface area contributed by atoms with Crippen LogP contribution in [0, 0.1) is 11.6 Å². The van der Waals surface area contributed by atoms with Crippen molar-refractivity contribution in [3.8, 4) is 11.1 Å². The van der Waals surface area contributed by atoms with Crippen LogP contribution in [0.15, 0.2) is 73.1 Å². The van der Waals surface area contributed by atoms with E-state index in [2.05, 4.69) is 4.98 Å². The number of aromatic nitrogens is 2. The smallest absolute Gasteiger partial charge is 0.266 e. The molecule has 0 bridgehead atoms. The Bertz CT molecular complexity index is 2100. The number of nitrogens with one attached hydrogen (secondary N) is 1. The van der Waals surface area contributed by atoms with E-state index >= 15 is 8.78 Å². The zero-order valence-corrected chi connectivity index (χ0v) is 25.5. The van der Waals surface area contributed by atoms with E-state index in [-0.39, 0.29) is 32.2 Å². The van der Waals surface area contributed by atoms with Crippen LogP contribution in [0.25, 0.3) is 22.2 Å². The summed E-state index contributed by atoms with van der Waals surface area (Å²) in [6, 6.07) is 14.0. The summed E-state index contributed by atoms with van der Waals surface area (Å²) in [6.45, 7) is 1.02. The number of Topliss-reactive ketones (excluding diaryl/α,β-unsaturated/α-hetero) is 1. The van der Waals surface area contributed by atoms with E-state index in [0.29, 0.717) is 22.2 Å². The third-order valence-electron chi connectivity index (χ3n) is 6.44. The first-order chi connectivity index (χ1) is 20.8. The average molecular weight is 677 g/mol. The third-order valence-corrected chi connectivity index (χ3v) is 8.64. The van der Waals surface area contributed by atoms with Crippen molar-refractivity contribution >= 4 is 79.0 Å². The van der Waals surface area contributed by atoms with Crippen LogP contribution in [0.1, 0.15) is 33.2 Å². The Morgan fingerprint density at radius 2 is 1.57 bits per heavy atom. The Hall–Kier alpha value is -4.16. The normalized spacial score (nSPS) is 11.5. The van der Waals surface area contributed by atoms with Crippen LogP contribution in [0.4, 0.5) is 14.5 Å². The lowest BCUT2D eigenvalue weighted by molar-refractivity contribution is -0.114. The van der Waals surface area contributed by atoms with Crippen molar-refractivity contribution in [2.75, 3.05) is 10.5 Å². The molecular formula is C30H18Cl3F2N3O5S. The molecule has 0 radical (unpaired) electrons. The first-order valence-corrected chi connectivity index (χ1v) is 15.3. The standard InChI is InChI=1S/C30H18Cl3F2N3O5S/c1-15(39)14-44(42,43)37-24-10-9-23(34)26(27(24)35)28(40)20-13-38(30(41)25-21(32)3-2-4-22(25)33)29-19(20)11-17(12-36-29)16-5-7-18(31)8-6-16/h2-13,37H,14H2,1H3. The minimum atomic E-state index is -4.36. The summed E-state index contributed by atoms with van der Waals surface area (Å²) in [5, 5.41) is 0.535. The van der Waals surface area contributed by atoms with Gasteiger partial charge >= 0.3 is 0 Å². The third kappa shape index (κ3) is 6.09. The van der Waals surface area contributed by atoms with E-state index in [4.69, 9.17) is 34.8 Å². The average Bonchev–Trinajstić information content (AvgIpc) is 3.33. The summed E-state index contributed by atoms with van der Waals surface area (Å²) in [4.78, 5) is 43.3. The molecule has 44 heavy (non-hydrogen) atoms. The molecule has 0 unspecified atom stereocenters. The van der Waals surface area contributed by atoms with Gasteiger partial charge in [0, 0.05) is 28.4 Å². The number of fused-ring (bicyclic) bond motifs is 1. The van der Waals surface area contributed by atoms with E-state index in [1.807, 2.05) is 4.72 Å². The van der Waals surface area contributed by atoms with E-state index in [1.165, 1.54) is 30.5 Å². The van der Waals surface area contributed by atoms with Crippen LogP contribution in [-0.2, 0) is 14.8 Å². The molecule has 0 aliphatic rings. The lowest BCUT2D eigenvalue weighted by Gasteiger charge is -2.11. The van der Waals surface area contributed by atoms with Gasteiger partial charge in [-0.3, -0.25) is 23.7 Å². The van der Waals surface area contributed by atoms with Crippen LogP contribution in [-0.4, -0.2) is 41.2 Å². The number of carbonyl (C=O) groups is 3. The van der Waals surface area contributed by atoms with Crippen LogP contribution < -0.4 is 4.72 Å². The van der Waals surface area contributed by atoms with Crippen LogP contribution in [0.2, 0.25) is 15.1 Å². The van der Waals surface area contributed by atoms with Gasteiger partial charge in [0.05, 0.1) is 32.4 Å². The van der Waals surface area contributed by atoms with Crippen molar-refractivity contribution < 1.29 is 31.6 Å². The topological polar surface area (TPSA) is 115 Å². The van der Waals surface area contributed by atoms with Gasteiger partial charge in [0.2, 0.25) is 15.8 Å². The lowest BCUT2D eigenvalue weighted by atomic mass is 10.00. The second kappa shape index (κ2) is 12.1. The van der Waals surface area contributed by atoms with Gasteiger partial charge in [0.15, 0.2) is 5.82 Å². The highest BCUT2D eigenvalue weighted by atomic mass is 35.5. The second-order valence-corrected chi connectivity index (χ2v) is 12.6. The number of ketones is 2. The quantitative estimate of drug-likeness (QED) is 0.174. The number of benzene rings is 3. The summed E-state index contributed by atoms with van der Waals surface area (Å²) < 4.78 is 58.2. The van der Waals surface area contributed by atoms with Crippen LogP contribution in [0.3, 0.4) is 0 Å². The molecule has 3 aromatic carbocycles. The van der Waals surface area contributed by atoms with Crippen molar-refractivity contribution in [3.63, 3.8) is 0 Å². The minimum absolute atomic E-state index is 0.0117. The molecule has 5 rings (SSSR count). The van der Waals surface area contributed by atoms with Crippen LogP contribution in [0.5, 0.6) is 0 Å². The van der Waals surface area contributed by atoms with Crippen LogP contribution >= 0.6 is 34.8 Å². The maximum Gasteiger partial charge on any atom is 0.266 e. The second-order valence-electron chi connectivity index (χ2n) is 9.59. The van der Waals surface area contributed by atoms with Crippen molar-refractivity contribution in [2.45, 2.75) is 6.92 Å². The number of rotatable bonds is 8. The predicted octanol–water partition coefficient (Wildman–Crippen LogP) is 7.19. The molecular weight excluding hydrogens is 659 g/mol. The zero-order chi connectivity index (χ0) is 31.9. The lowest BCUT2D eigenvalue weighted by Crippen LogP contribution is -2.22. The molecule has 0 atom stereocenters. The fraction of sp³-hybridized carbons (Fsp3) is 0.0667. The Labute approximate surface area is 264 Å². The predicted molar refractivity (Wildman–Crippen MR) is 164 cm³/mol. The Balaban J connectivity index is 1.71. The summed E-state index contributed by atoms with van der Waals surface area (Å²) >= 11 is 18.5. The monoisotopic (exact) mass is 675 g/mol. The number of anilines is 1. The van der Waals surface area contributed by atoms with E-state index in [1.54, 1.807) is 24.3 Å². The number of nitrogens with zero attached hydrogens (tertiary/aromatic N) is 2. The maximum atomic E-state index is 15.6. The highest BCUT2D eigenvalue weighted by molar-refractivity contribution is 7.93.